The molecule has 1 aromatic rings. The van der Waals surface area contributed by atoms with E-state index in [1.165, 1.54) is 23.5 Å². The van der Waals surface area contributed by atoms with Gasteiger partial charge >= 0.3 is 5.97 Å². The van der Waals surface area contributed by atoms with Crippen LogP contribution in [0.5, 0.6) is 0 Å². The lowest BCUT2D eigenvalue weighted by Crippen LogP contribution is -2.48. The number of ether oxygens (including phenoxy) is 1. The number of halogens is 2. The summed E-state index contributed by atoms with van der Waals surface area (Å²) >= 11 is 9.28. The van der Waals surface area contributed by atoms with E-state index in [0.29, 0.717) is 17.3 Å². The van der Waals surface area contributed by atoms with Gasteiger partial charge in [0.05, 0.1) is 12.1 Å². The standard InChI is InChI=1S/C13H15BrClNO4S/c1-20-13(17)11-4-2-3-7-16(11)21(18,19)12-6-5-9(14)8-10(12)15/h5-6,8,11H,2-4,7H2,1H3/t11-/m1/s1. The number of nitrogens with zero attached hydrogens (tertiary/aromatic N) is 1. The van der Waals surface area contributed by atoms with Crippen LogP contribution in [0.2, 0.25) is 5.02 Å². The number of carbonyl (C=O) groups excluding carboxylic acids is 1. The molecule has 1 fully saturated rings. The zero-order valence-electron chi connectivity index (χ0n) is 11.4. The van der Waals surface area contributed by atoms with Gasteiger partial charge in [0, 0.05) is 11.0 Å². The van der Waals surface area contributed by atoms with Crippen LogP contribution in [-0.4, -0.2) is 38.4 Å². The minimum atomic E-state index is -3.83. The summed E-state index contributed by atoms with van der Waals surface area (Å²) in [6, 6.07) is 3.78. The van der Waals surface area contributed by atoms with Crippen LogP contribution in [0.1, 0.15) is 19.3 Å². The van der Waals surface area contributed by atoms with E-state index in [9.17, 15) is 13.2 Å². The molecule has 2 rings (SSSR count). The van der Waals surface area contributed by atoms with Crippen molar-refractivity contribution in [3.8, 4) is 0 Å². The molecule has 116 valence electrons. The highest BCUT2D eigenvalue weighted by molar-refractivity contribution is 9.10. The lowest BCUT2D eigenvalue weighted by Gasteiger charge is -2.32. The number of sulfonamides is 1. The molecule has 0 aliphatic carbocycles. The minimum Gasteiger partial charge on any atom is -0.468 e. The van der Waals surface area contributed by atoms with Crippen molar-refractivity contribution in [1.29, 1.82) is 0 Å². The van der Waals surface area contributed by atoms with Crippen molar-refractivity contribution in [3.63, 3.8) is 0 Å². The fourth-order valence-electron chi connectivity index (χ4n) is 2.38. The summed E-state index contributed by atoms with van der Waals surface area (Å²) in [4.78, 5) is 11.8. The Kier molecular flexibility index (Phi) is 5.29. The second-order valence-corrected chi connectivity index (χ2v) is 7.91. The average molecular weight is 397 g/mol. The van der Waals surface area contributed by atoms with Crippen molar-refractivity contribution in [3.05, 3.63) is 27.7 Å². The Morgan fingerprint density at radius 1 is 1.43 bits per heavy atom. The lowest BCUT2D eigenvalue weighted by molar-refractivity contribution is -0.146. The third-order valence-electron chi connectivity index (χ3n) is 3.41. The van der Waals surface area contributed by atoms with Gasteiger partial charge in [-0.3, -0.25) is 4.79 Å². The normalized spacial score (nSPS) is 20.2. The first-order valence-corrected chi connectivity index (χ1v) is 9.03. The van der Waals surface area contributed by atoms with Crippen LogP contribution in [-0.2, 0) is 19.6 Å². The second kappa shape index (κ2) is 6.64. The fourth-order valence-corrected chi connectivity index (χ4v) is 5.03. The molecule has 8 heteroatoms. The molecule has 1 saturated heterocycles. The summed E-state index contributed by atoms with van der Waals surface area (Å²) < 4.78 is 32.1. The Balaban J connectivity index is 2.43. The molecular formula is C13H15BrClNO4S. The van der Waals surface area contributed by atoms with E-state index in [1.54, 1.807) is 6.07 Å². The van der Waals surface area contributed by atoms with Crippen LogP contribution in [0.4, 0.5) is 0 Å². The van der Waals surface area contributed by atoms with Crippen molar-refractivity contribution in [2.75, 3.05) is 13.7 Å². The third-order valence-corrected chi connectivity index (χ3v) is 6.29. The summed E-state index contributed by atoms with van der Waals surface area (Å²) in [5.41, 5.74) is 0. The van der Waals surface area contributed by atoms with Crippen LogP contribution in [0.25, 0.3) is 0 Å². The Hall–Kier alpha value is -0.630. The highest BCUT2D eigenvalue weighted by atomic mass is 79.9. The largest absolute Gasteiger partial charge is 0.468 e. The zero-order valence-corrected chi connectivity index (χ0v) is 14.5. The summed E-state index contributed by atoms with van der Waals surface area (Å²) in [6.07, 6.45) is 1.96. The maximum Gasteiger partial charge on any atom is 0.324 e. The smallest absolute Gasteiger partial charge is 0.324 e. The monoisotopic (exact) mass is 395 g/mol. The molecular weight excluding hydrogens is 382 g/mol. The van der Waals surface area contributed by atoms with Gasteiger partial charge in [-0.1, -0.05) is 27.5 Å². The Morgan fingerprint density at radius 2 is 2.14 bits per heavy atom. The predicted octanol–water partition coefficient (Wildman–Crippen LogP) is 2.82. The van der Waals surface area contributed by atoms with Gasteiger partial charge in [0.25, 0.3) is 0 Å². The molecule has 1 aliphatic heterocycles. The topological polar surface area (TPSA) is 63.7 Å². The summed E-state index contributed by atoms with van der Waals surface area (Å²) in [5, 5.41) is 0.124. The zero-order chi connectivity index (χ0) is 15.6. The Bertz CT molecular complexity index is 650. The summed E-state index contributed by atoms with van der Waals surface area (Å²) in [6.45, 7) is 0.286. The number of piperidine rings is 1. The molecule has 0 aromatic heterocycles. The maximum atomic E-state index is 12.8. The lowest BCUT2D eigenvalue weighted by atomic mass is 10.1. The van der Waals surface area contributed by atoms with Crippen molar-refractivity contribution in [1.82, 2.24) is 4.31 Å². The maximum absolute atomic E-state index is 12.8. The highest BCUT2D eigenvalue weighted by Gasteiger charge is 2.39. The Labute approximate surface area is 137 Å². The van der Waals surface area contributed by atoms with E-state index in [-0.39, 0.29) is 16.5 Å². The first-order chi connectivity index (χ1) is 9.87. The average Bonchev–Trinajstić information content (AvgIpc) is 2.46. The number of benzene rings is 1. The number of carbonyl (C=O) groups is 1. The van der Waals surface area contributed by atoms with Crippen LogP contribution < -0.4 is 0 Å². The van der Waals surface area contributed by atoms with E-state index in [0.717, 1.165) is 6.42 Å². The highest BCUT2D eigenvalue weighted by Crippen LogP contribution is 2.31. The quantitative estimate of drug-likeness (QED) is 0.737. The number of methoxy groups -OCH3 is 1. The molecule has 0 amide bonds. The molecule has 1 aliphatic rings. The summed E-state index contributed by atoms with van der Waals surface area (Å²) in [7, 11) is -2.58. The molecule has 0 N–H and O–H groups in total. The molecule has 1 aromatic carbocycles. The number of hydrogen-bond donors (Lipinski definition) is 0. The minimum absolute atomic E-state index is 0.00293. The van der Waals surface area contributed by atoms with Crippen LogP contribution in [0.15, 0.2) is 27.6 Å². The molecule has 0 bridgehead atoms. The van der Waals surface area contributed by atoms with E-state index in [1.807, 2.05) is 0 Å². The van der Waals surface area contributed by atoms with Gasteiger partial charge in [0.1, 0.15) is 10.9 Å². The second-order valence-electron chi connectivity index (χ2n) is 4.73. The molecule has 0 spiro atoms. The molecule has 21 heavy (non-hydrogen) atoms. The van der Waals surface area contributed by atoms with Gasteiger partial charge in [-0.15, -0.1) is 0 Å². The number of hydrogen-bond acceptors (Lipinski definition) is 4. The first-order valence-electron chi connectivity index (χ1n) is 6.42. The molecule has 0 unspecified atom stereocenters. The molecule has 0 radical (unpaired) electrons. The number of rotatable bonds is 3. The van der Waals surface area contributed by atoms with Crippen molar-refractivity contribution in [2.24, 2.45) is 0 Å². The van der Waals surface area contributed by atoms with Gasteiger partial charge in [-0.05, 0) is 37.5 Å². The molecule has 1 atom stereocenters. The fraction of sp³-hybridized carbons (Fsp3) is 0.462. The number of esters is 1. The van der Waals surface area contributed by atoms with E-state index < -0.39 is 22.0 Å². The molecule has 0 saturated carbocycles. The Morgan fingerprint density at radius 3 is 2.76 bits per heavy atom. The van der Waals surface area contributed by atoms with E-state index >= 15 is 0 Å². The van der Waals surface area contributed by atoms with Crippen LogP contribution in [0.3, 0.4) is 0 Å². The van der Waals surface area contributed by atoms with Crippen LogP contribution >= 0.6 is 27.5 Å². The van der Waals surface area contributed by atoms with Gasteiger partial charge in [-0.2, -0.15) is 4.31 Å². The van der Waals surface area contributed by atoms with E-state index in [2.05, 4.69) is 15.9 Å². The van der Waals surface area contributed by atoms with Crippen molar-refractivity contribution in [2.45, 2.75) is 30.2 Å². The van der Waals surface area contributed by atoms with Gasteiger partial charge in [-0.25, -0.2) is 8.42 Å². The summed E-state index contributed by atoms with van der Waals surface area (Å²) in [5.74, 6) is -0.536. The third kappa shape index (κ3) is 3.41. The van der Waals surface area contributed by atoms with Crippen LogP contribution in [0, 0.1) is 0 Å². The van der Waals surface area contributed by atoms with Gasteiger partial charge < -0.3 is 4.74 Å². The predicted molar refractivity (Wildman–Crippen MR) is 82.7 cm³/mol. The molecule has 1 heterocycles. The van der Waals surface area contributed by atoms with Gasteiger partial charge in [0.15, 0.2) is 0 Å². The molecule has 5 nitrogen and oxygen atoms in total. The van der Waals surface area contributed by atoms with Gasteiger partial charge in [0.2, 0.25) is 10.0 Å². The van der Waals surface area contributed by atoms with Crippen molar-refractivity contribution >= 4 is 43.5 Å². The van der Waals surface area contributed by atoms with Crippen molar-refractivity contribution < 1.29 is 17.9 Å². The first kappa shape index (κ1) is 16.7. The SMILES string of the molecule is COC(=O)[C@H]1CCCCN1S(=O)(=O)c1ccc(Br)cc1Cl. The van der Waals surface area contributed by atoms with E-state index in [4.69, 9.17) is 16.3 Å².